The summed E-state index contributed by atoms with van der Waals surface area (Å²) in [7, 11) is 1.40. The molecule has 2 heterocycles. The smallest absolute Gasteiger partial charge is 0.327 e. The fourth-order valence-corrected chi connectivity index (χ4v) is 5.10. The molecule has 1 aliphatic heterocycles. The third-order valence-corrected chi connectivity index (χ3v) is 6.96. The summed E-state index contributed by atoms with van der Waals surface area (Å²) in [5, 5.41) is 5.37. The Morgan fingerprint density at radius 2 is 1.68 bits per heavy atom. The summed E-state index contributed by atoms with van der Waals surface area (Å²) in [6.45, 7) is 2.17. The van der Waals surface area contributed by atoms with Crippen molar-refractivity contribution < 1.29 is 14.3 Å². The maximum Gasteiger partial charge on any atom is 0.327 e. The number of hydrogen-bond acceptors (Lipinski definition) is 5. The fourth-order valence-electron chi connectivity index (χ4n) is 4.98. The number of aromatic nitrogens is 2. The van der Waals surface area contributed by atoms with Gasteiger partial charge in [-0.05, 0) is 49.1 Å². The van der Waals surface area contributed by atoms with Gasteiger partial charge in [0.15, 0.2) is 5.69 Å². The van der Waals surface area contributed by atoms with Gasteiger partial charge in [0.2, 0.25) is 0 Å². The number of methoxy groups -OCH3 is 1. The number of halogens is 1. The molecule has 1 amide bonds. The molecule has 1 saturated heterocycles. The second-order valence-corrected chi connectivity index (χ2v) is 9.12. The van der Waals surface area contributed by atoms with Crippen LogP contribution in [0.1, 0.15) is 39.8 Å². The molecule has 2 aromatic carbocycles. The molecular formula is C26H27ClN4O3. The molecule has 0 spiro atoms. The van der Waals surface area contributed by atoms with Gasteiger partial charge in [0, 0.05) is 42.5 Å². The van der Waals surface area contributed by atoms with E-state index < -0.39 is 6.04 Å². The molecular weight excluding hydrogens is 452 g/mol. The first-order chi connectivity index (χ1) is 16.6. The van der Waals surface area contributed by atoms with Crippen molar-refractivity contribution in [2.45, 2.75) is 25.3 Å². The number of nitrogens with zero attached hydrogens (tertiary/aromatic N) is 4. The van der Waals surface area contributed by atoms with E-state index in [4.69, 9.17) is 21.4 Å². The van der Waals surface area contributed by atoms with Gasteiger partial charge in [0.05, 0.1) is 12.8 Å². The lowest BCUT2D eigenvalue weighted by Gasteiger charge is -2.38. The van der Waals surface area contributed by atoms with Crippen LogP contribution in [0.2, 0.25) is 5.02 Å². The SMILES string of the molecule is COC(=O)C(c1ccc(Cl)cc1)N1CCN(C(=O)c2nn(-c3ccccc3)c3c2CCC3)CC1. The summed E-state index contributed by atoms with van der Waals surface area (Å²) in [5.41, 5.74) is 4.59. The Labute approximate surface area is 203 Å². The van der Waals surface area contributed by atoms with E-state index >= 15 is 0 Å². The molecule has 3 aromatic rings. The highest BCUT2D eigenvalue weighted by Gasteiger charge is 2.35. The summed E-state index contributed by atoms with van der Waals surface area (Å²) in [6, 6.07) is 16.7. The maximum absolute atomic E-state index is 13.5. The number of ether oxygens (including phenoxy) is 1. The summed E-state index contributed by atoms with van der Waals surface area (Å²) in [6.07, 6.45) is 2.85. The minimum atomic E-state index is -0.527. The monoisotopic (exact) mass is 478 g/mol. The van der Waals surface area contributed by atoms with Crippen LogP contribution >= 0.6 is 11.6 Å². The molecule has 34 heavy (non-hydrogen) atoms. The number of fused-ring (bicyclic) bond motifs is 1. The summed E-state index contributed by atoms with van der Waals surface area (Å²) in [5.74, 6) is -0.352. The van der Waals surface area contributed by atoms with Gasteiger partial charge in [-0.1, -0.05) is 41.9 Å². The standard InChI is InChI=1S/C26H27ClN4O3/c1-34-26(33)24(18-10-12-19(27)13-11-18)29-14-16-30(17-15-29)25(32)23-21-8-5-9-22(21)31(28-23)20-6-3-2-4-7-20/h2-4,6-7,10-13,24H,5,8-9,14-17H2,1H3. The number of benzene rings is 2. The summed E-state index contributed by atoms with van der Waals surface area (Å²) in [4.78, 5) is 30.0. The van der Waals surface area contributed by atoms with E-state index in [0.29, 0.717) is 36.9 Å². The number of piperazine rings is 1. The summed E-state index contributed by atoms with van der Waals surface area (Å²) < 4.78 is 7.01. The Balaban J connectivity index is 1.34. The van der Waals surface area contributed by atoms with Crippen LogP contribution in [0.4, 0.5) is 0 Å². The molecule has 0 bridgehead atoms. The first kappa shape index (κ1) is 22.6. The zero-order valence-corrected chi connectivity index (χ0v) is 19.9. The number of carbonyl (C=O) groups is 2. The zero-order chi connectivity index (χ0) is 23.7. The molecule has 8 heteroatoms. The Morgan fingerprint density at radius 1 is 0.971 bits per heavy atom. The van der Waals surface area contributed by atoms with E-state index in [0.717, 1.165) is 41.8 Å². The number of amides is 1. The highest BCUT2D eigenvalue weighted by molar-refractivity contribution is 6.30. The quantitative estimate of drug-likeness (QED) is 0.523. The molecule has 5 rings (SSSR count). The Kier molecular flexibility index (Phi) is 6.39. The minimum absolute atomic E-state index is 0.0337. The van der Waals surface area contributed by atoms with Crippen molar-refractivity contribution in [3.8, 4) is 5.69 Å². The van der Waals surface area contributed by atoms with Crippen molar-refractivity contribution in [2.24, 2.45) is 0 Å². The normalized spacial score (nSPS) is 16.8. The molecule has 2 aliphatic rings. The maximum atomic E-state index is 13.5. The average molecular weight is 479 g/mol. The van der Waals surface area contributed by atoms with Crippen LogP contribution < -0.4 is 0 Å². The van der Waals surface area contributed by atoms with Crippen LogP contribution in [0.3, 0.4) is 0 Å². The van der Waals surface area contributed by atoms with Crippen LogP contribution in [0.15, 0.2) is 54.6 Å². The van der Waals surface area contributed by atoms with Crippen molar-refractivity contribution in [3.05, 3.63) is 82.1 Å². The van der Waals surface area contributed by atoms with Gasteiger partial charge in [-0.25, -0.2) is 9.48 Å². The molecule has 0 radical (unpaired) electrons. The molecule has 1 aromatic heterocycles. The van der Waals surface area contributed by atoms with Crippen molar-refractivity contribution in [1.29, 1.82) is 0 Å². The lowest BCUT2D eigenvalue weighted by Crippen LogP contribution is -2.51. The molecule has 7 nitrogen and oxygen atoms in total. The minimum Gasteiger partial charge on any atom is -0.468 e. The predicted molar refractivity (Wildman–Crippen MR) is 129 cm³/mol. The first-order valence-electron chi connectivity index (χ1n) is 11.6. The predicted octanol–water partition coefficient (Wildman–Crippen LogP) is 3.69. The van der Waals surface area contributed by atoms with E-state index in [1.807, 2.05) is 52.0 Å². The van der Waals surface area contributed by atoms with Gasteiger partial charge in [0.1, 0.15) is 6.04 Å². The van der Waals surface area contributed by atoms with Gasteiger partial charge < -0.3 is 9.64 Å². The van der Waals surface area contributed by atoms with Crippen molar-refractivity contribution >= 4 is 23.5 Å². The van der Waals surface area contributed by atoms with Crippen LogP contribution in [0.5, 0.6) is 0 Å². The fraction of sp³-hybridized carbons (Fsp3) is 0.346. The van der Waals surface area contributed by atoms with Crippen LogP contribution in [0, 0.1) is 0 Å². The third-order valence-electron chi connectivity index (χ3n) is 6.71. The van der Waals surface area contributed by atoms with Gasteiger partial charge in [-0.2, -0.15) is 5.10 Å². The number of carbonyl (C=O) groups excluding carboxylic acids is 2. The molecule has 1 aliphatic carbocycles. The number of rotatable bonds is 5. The van der Waals surface area contributed by atoms with Crippen LogP contribution in [-0.4, -0.2) is 64.7 Å². The van der Waals surface area contributed by atoms with E-state index in [2.05, 4.69) is 4.90 Å². The Bertz CT molecular complexity index is 1180. The molecule has 1 unspecified atom stereocenters. The van der Waals surface area contributed by atoms with Gasteiger partial charge >= 0.3 is 5.97 Å². The molecule has 1 atom stereocenters. The van der Waals surface area contributed by atoms with Gasteiger partial charge in [0.25, 0.3) is 5.91 Å². The third kappa shape index (κ3) is 4.21. The molecule has 176 valence electrons. The molecule has 1 fully saturated rings. The topological polar surface area (TPSA) is 67.7 Å². The molecule has 0 N–H and O–H groups in total. The summed E-state index contributed by atoms with van der Waals surface area (Å²) >= 11 is 6.03. The second kappa shape index (κ2) is 9.60. The lowest BCUT2D eigenvalue weighted by atomic mass is 10.0. The van der Waals surface area contributed by atoms with Crippen molar-refractivity contribution in [3.63, 3.8) is 0 Å². The van der Waals surface area contributed by atoms with E-state index in [1.165, 1.54) is 7.11 Å². The highest BCUT2D eigenvalue weighted by atomic mass is 35.5. The molecule has 0 saturated carbocycles. The number of para-hydroxylation sites is 1. The Hall–Kier alpha value is -3.16. The first-order valence-corrected chi connectivity index (χ1v) is 12.0. The van der Waals surface area contributed by atoms with Crippen molar-refractivity contribution in [1.82, 2.24) is 19.6 Å². The van der Waals surface area contributed by atoms with Crippen molar-refractivity contribution in [2.75, 3.05) is 33.3 Å². The number of hydrogen-bond donors (Lipinski definition) is 0. The van der Waals surface area contributed by atoms with E-state index in [1.54, 1.807) is 12.1 Å². The van der Waals surface area contributed by atoms with E-state index in [9.17, 15) is 9.59 Å². The lowest BCUT2D eigenvalue weighted by molar-refractivity contribution is -0.148. The van der Waals surface area contributed by atoms with Crippen LogP contribution in [0.25, 0.3) is 5.69 Å². The van der Waals surface area contributed by atoms with Gasteiger partial charge in [-0.3, -0.25) is 9.69 Å². The highest BCUT2D eigenvalue weighted by Crippen LogP contribution is 2.30. The second-order valence-electron chi connectivity index (χ2n) is 8.68. The van der Waals surface area contributed by atoms with Crippen LogP contribution in [-0.2, 0) is 22.4 Å². The Morgan fingerprint density at radius 3 is 2.35 bits per heavy atom. The zero-order valence-electron chi connectivity index (χ0n) is 19.1. The van der Waals surface area contributed by atoms with E-state index in [-0.39, 0.29) is 11.9 Å². The largest absolute Gasteiger partial charge is 0.468 e. The number of esters is 1. The average Bonchev–Trinajstić information content (AvgIpc) is 3.49. The van der Waals surface area contributed by atoms with Gasteiger partial charge in [-0.15, -0.1) is 0 Å².